The van der Waals surface area contributed by atoms with Crippen LogP contribution in [0.2, 0.25) is 0 Å². The Morgan fingerprint density at radius 1 is 1.00 bits per heavy atom. The predicted molar refractivity (Wildman–Crippen MR) is 156 cm³/mol. The number of allylic oxidation sites excluding steroid dienone is 5. The highest BCUT2D eigenvalue weighted by molar-refractivity contribution is 7.18. The van der Waals surface area contributed by atoms with Gasteiger partial charge in [-0.3, -0.25) is 0 Å². The smallest absolute Gasteiger partial charge is 0.262 e. The Labute approximate surface area is 221 Å². The number of hydrogen-bond acceptors (Lipinski definition) is 2. The van der Waals surface area contributed by atoms with Crippen LogP contribution in [0.25, 0.3) is 21.9 Å². The standard InChI is InChI=1S/C33H41N2S/c1-5-35(6-2)23-25-16-19-26(20-17-25)28(22-33-34(4)31-13-9-10-14-32(31)36-33)21-27-18-15-24(3)29-11-7-8-12-30(27)29/h7-15,18,21-22,24-26H,5-6,16-17,19-20,23H2,1-4H3/q+1/b27-21+,28-22-. The van der Waals surface area contributed by atoms with Crippen molar-refractivity contribution in [3.63, 3.8) is 0 Å². The van der Waals surface area contributed by atoms with Crippen LogP contribution >= 0.6 is 11.3 Å². The van der Waals surface area contributed by atoms with Gasteiger partial charge in [0.15, 0.2) is 0 Å². The molecule has 1 fully saturated rings. The normalized spacial score (nSPS) is 23.5. The maximum atomic E-state index is 2.60. The van der Waals surface area contributed by atoms with Gasteiger partial charge in [0, 0.05) is 18.7 Å². The molecule has 188 valence electrons. The highest BCUT2D eigenvalue weighted by Gasteiger charge is 2.26. The van der Waals surface area contributed by atoms with E-state index in [2.05, 4.69) is 110 Å². The molecule has 3 heteroatoms. The first-order valence-corrected chi connectivity index (χ1v) is 14.7. The quantitative estimate of drug-likeness (QED) is 0.300. The van der Waals surface area contributed by atoms with Gasteiger partial charge in [-0.2, -0.15) is 4.57 Å². The number of thiazole rings is 1. The highest BCUT2D eigenvalue weighted by Crippen LogP contribution is 2.39. The lowest BCUT2D eigenvalue weighted by Gasteiger charge is -2.32. The number of aromatic nitrogens is 1. The van der Waals surface area contributed by atoms with E-state index in [0.29, 0.717) is 11.8 Å². The number of benzene rings is 2. The first-order valence-electron chi connectivity index (χ1n) is 13.9. The van der Waals surface area contributed by atoms with Crippen molar-refractivity contribution >= 4 is 33.2 Å². The van der Waals surface area contributed by atoms with E-state index in [9.17, 15) is 0 Å². The average Bonchev–Trinajstić information content (AvgIpc) is 3.24. The molecule has 2 aliphatic rings. The SMILES string of the molecule is CCN(CC)CC1CCC(C(/C=C2\C=CC(C)c3ccccc32)=C\c2sc3ccccc3[n+]2C)CC1. The number of nitrogens with zero attached hydrogens (tertiary/aromatic N) is 2. The van der Waals surface area contributed by atoms with Crippen LogP contribution in [-0.2, 0) is 7.05 Å². The van der Waals surface area contributed by atoms with Crippen LogP contribution in [0.1, 0.15) is 68.5 Å². The van der Waals surface area contributed by atoms with Gasteiger partial charge in [-0.15, -0.1) is 0 Å². The molecule has 0 spiro atoms. The summed E-state index contributed by atoms with van der Waals surface area (Å²) in [5, 5.41) is 1.34. The van der Waals surface area contributed by atoms with Gasteiger partial charge >= 0.3 is 0 Å². The Hall–Kier alpha value is -2.49. The lowest BCUT2D eigenvalue weighted by Crippen LogP contribution is -2.31. The number of para-hydroxylation sites is 1. The van der Waals surface area contributed by atoms with Gasteiger partial charge in [-0.1, -0.05) is 86.7 Å². The second-order valence-corrected chi connectivity index (χ2v) is 11.7. The van der Waals surface area contributed by atoms with Gasteiger partial charge in [0.25, 0.3) is 5.01 Å². The van der Waals surface area contributed by atoms with Gasteiger partial charge < -0.3 is 4.90 Å². The van der Waals surface area contributed by atoms with Crippen molar-refractivity contribution in [2.45, 2.75) is 52.4 Å². The third-order valence-electron chi connectivity index (χ3n) is 8.44. The topological polar surface area (TPSA) is 7.12 Å². The molecule has 1 atom stereocenters. The van der Waals surface area contributed by atoms with E-state index >= 15 is 0 Å². The lowest BCUT2D eigenvalue weighted by atomic mass is 9.76. The van der Waals surface area contributed by atoms with E-state index in [0.717, 1.165) is 5.92 Å². The second kappa shape index (κ2) is 11.3. The molecule has 2 aliphatic carbocycles. The minimum atomic E-state index is 0.474. The molecule has 5 rings (SSSR count). The van der Waals surface area contributed by atoms with Crippen molar-refractivity contribution in [2.75, 3.05) is 19.6 Å². The highest BCUT2D eigenvalue weighted by atomic mass is 32.1. The summed E-state index contributed by atoms with van der Waals surface area (Å²) in [6.45, 7) is 10.5. The summed E-state index contributed by atoms with van der Waals surface area (Å²) >= 11 is 1.91. The van der Waals surface area contributed by atoms with Gasteiger partial charge in [0.1, 0.15) is 11.7 Å². The Morgan fingerprint density at radius 3 is 2.47 bits per heavy atom. The fraction of sp³-hybridized carbons (Fsp3) is 0.424. The van der Waals surface area contributed by atoms with Crippen LogP contribution in [0, 0.1) is 11.8 Å². The van der Waals surface area contributed by atoms with Crippen LogP contribution in [0.3, 0.4) is 0 Å². The minimum absolute atomic E-state index is 0.474. The molecule has 2 nitrogen and oxygen atoms in total. The van der Waals surface area contributed by atoms with Crippen molar-refractivity contribution in [3.8, 4) is 0 Å². The maximum Gasteiger partial charge on any atom is 0.262 e. The third kappa shape index (κ3) is 5.28. The minimum Gasteiger partial charge on any atom is -0.304 e. The molecule has 2 aromatic carbocycles. The monoisotopic (exact) mass is 497 g/mol. The number of hydrogen-bond donors (Lipinski definition) is 0. The van der Waals surface area contributed by atoms with Crippen molar-refractivity contribution in [2.24, 2.45) is 18.9 Å². The van der Waals surface area contributed by atoms with Gasteiger partial charge in [0.05, 0.1) is 0 Å². The summed E-state index contributed by atoms with van der Waals surface area (Å²) in [4.78, 5) is 2.60. The second-order valence-electron chi connectivity index (χ2n) is 10.6. The van der Waals surface area contributed by atoms with Crippen LogP contribution in [0.5, 0.6) is 0 Å². The van der Waals surface area contributed by atoms with Crippen LogP contribution < -0.4 is 4.57 Å². The summed E-state index contributed by atoms with van der Waals surface area (Å²) in [6, 6.07) is 17.7. The summed E-state index contributed by atoms with van der Waals surface area (Å²) in [5.74, 6) is 1.93. The predicted octanol–water partition coefficient (Wildman–Crippen LogP) is 8.01. The molecule has 1 heterocycles. The van der Waals surface area contributed by atoms with Crippen molar-refractivity contribution in [3.05, 3.63) is 88.5 Å². The van der Waals surface area contributed by atoms with E-state index < -0.39 is 0 Å². The Bertz CT molecular complexity index is 1280. The zero-order valence-corrected chi connectivity index (χ0v) is 23.2. The molecular formula is C33H41N2S+. The molecule has 1 aromatic heterocycles. The zero-order chi connectivity index (χ0) is 25.1. The first kappa shape index (κ1) is 25.2. The third-order valence-corrected chi connectivity index (χ3v) is 9.61. The Morgan fingerprint density at radius 2 is 1.72 bits per heavy atom. The average molecular weight is 498 g/mol. The largest absolute Gasteiger partial charge is 0.304 e. The molecule has 0 aliphatic heterocycles. The van der Waals surface area contributed by atoms with Gasteiger partial charge in [-0.25, -0.2) is 0 Å². The molecule has 0 bridgehead atoms. The van der Waals surface area contributed by atoms with Crippen molar-refractivity contribution in [1.82, 2.24) is 4.90 Å². The summed E-state index contributed by atoms with van der Waals surface area (Å²) in [6.07, 6.45) is 15.0. The van der Waals surface area contributed by atoms with E-state index in [1.165, 1.54) is 82.8 Å². The summed E-state index contributed by atoms with van der Waals surface area (Å²) in [5.41, 5.74) is 7.03. The molecule has 0 radical (unpaired) electrons. The van der Waals surface area contributed by atoms with Crippen LogP contribution in [0.15, 0.2) is 72.3 Å². The summed E-state index contributed by atoms with van der Waals surface area (Å²) in [7, 11) is 2.22. The van der Waals surface area contributed by atoms with Gasteiger partial charge in [0.2, 0.25) is 5.52 Å². The molecule has 3 aromatic rings. The fourth-order valence-corrected chi connectivity index (χ4v) is 7.21. The van der Waals surface area contributed by atoms with Gasteiger partial charge in [-0.05, 0) is 84.9 Å². The number of fused-ring (bicyclic) bond motifs is 2. The zero-order valence-electron chi connectivity index (χ0n) is 22.4. The Balaban J connectivity index is 1.49. The molecule has 0 saturated heterocycles. The number of rotatable bonds is 7. The summed E-state index contributed by atoms with van der Waals surface area (Å²) < 4.78 is 3.73. The first-order chi connectivity index (χ1) is 17.6. The molecule has 1 unspecified atom stereocenters. The molecule has 1 saturated carbocycles. The lowest BCUT2D eigenvalue weighted by molar-refractivity contribution is -0.642. The Kier molecular flexibility index (Phi) is 7.88. The van der Waals surface area contributed by atoms with Crippen molar-refractivity contribution in [1.29, 1.82) is 0 Å². The molecule has 0 N–H and O–H groups in total. The molecular weight excluding hydrogens is 456 g/mol. The van der Waals surface area contributed by atoms with E-state index in [4.69, 9.17) is 0 Å². The number of aryl methyl sites for hydroxylation is 1. The molecule has 0 amide bonds. The van der Waals surface area contributed by atoms with Crippen LogP contribution in [0.4, 0.5) is 0 Å². The maximum absolute atomic E-state index is 2.60. The molecule has 36 heavy (non-hydrogen) atoms. The van der Waals surface area contributed by atoms with E-state index in [1.807, 2.05) is 11.3 Å². The van der Waals surface area contributed by atoms with Crippen molar-refractivity contribution < 1.29 is 4.57 Å². The van der Waals surface area contributed by atoms with E-state index in [1.54, 1.807) is 0 Å². The fourth-order valence-electron chi connectivity index (χ4n) is 6.10. The van der Waals surface area contributed by atoms with Crippen LogP contribution in [-0.4, -0.2) is 24.5 Å². The van der Waals surface area contributed by atoms with E-state index in [-0.39, 0.29) is 0 Å².